The Labute approximate surface area is 329 Å². The van der Waals surface area contributed by atoms with Crippen LogP contribution in [0.1, 0.15) is 78.2 Å². The van der Waals surface area contributed by atoms with Crippen molar-refractivity contribution in [1.29, 1.82) is 0 Å². The fourth-order valence-corrected chi connectivity index (χ4v) is 6.96. The molecule has 56 heavy (non-hydrogen) atoms. The van der Waals surface area contributed by atoms with Crippen molar-refractivity contribution in [2.45, 2.75) is 72.2 Å². The molecule has 4 aromatic rings. The molecule has 0 radical (unpaired) electrons. The Morgan fingerprint density at radius 1 is 0.875 bits per heavy atom. The van der Waals surface area contributed by atoms with Gasteiger partial charge in [-0.15, -0.1) is 0 Å². The molecule has 1 aliphatic heterocycles. The number of aryl methyl sites for hydroxylation is 1. The summed E-state index contributed by atoms with van der Waals surface area (Å²) in [6.07, 6.45) is 12.5. The maximum absolute atomic E-state index is 13.6. The fourth-order valence-electron chi connectivity index (χ4n) is 6.96. The van der Waals surface area contributed by atoms with Crippen molar-refractivity contribution in [2.24, 2.45) is 5.92 Å². The van der Waals surface area contributed by atoms with Crippen LogP contribution in [0.15, 0.2) is 115 Å². The number of allylic oxidation sites excluding steroid dienone is 4. The molecule has 290 valence electrons. The minimum atomic E-state index is -0.547. The molecule has 1 saturated heterocycles. The highest BCUT2D eigenvalue weighted by atomic mass is 16.5. The van der Waals surface area contributed by atoms with Gasteiger partial charge in [-0.25, -0.2) is 9.97 Å². The van der Waals surface area contributed by atoms with Crippen molar-refractivity contribution >= 4 is 29.1 Å². The molecule has 3 aromatic carbocycles. The van der Waals surface area contributed by atoms with E-state index in [2.05, 4.69) is 46.6 Å². The van der Waals surface area contributed by atoms with Gasteiger partial charge in [0.25, 0.3) is 5.91 Å². The van der Waals surface area contributed by atoms with Gasteiger partial charge in [-0.3, -0.25) is 14.4 Å². The van der Waals surface area contributed by atoms with Gasteiger partial charge < -0.3 is 24.4 Å². The smallest absolute Gasteiger partial charge is 0.325 e. The van der Waals surface area contributed by atoms with Gasteiger partial charge in [-0.1, -0.05) is 97.1 Å². The third-order valence-corrected chi connectivity index (χ3v) is 10.0. The van der Waals surface area contributed by atoms with Crippen molar-refractivity contribution in [2.75, 3.05) is 24.5 Å². The zero-order valence-corrected chi connectivity index (χ0v) is 32.4. The number of nitrogens with zero attached hydrogens (tertiary/aromatic N) is 3. The lowest BCUT2D eigenvalue weighted by Gasteiger charge is -2.33. The lowest BCUT2D eigenvalue weighted by Crippen LogP contribution is -2.35. The Morgan fingerprint density at radius 3 is 2.23 bits per heavy atom. The number of anilines is 1. The summed E-state index contributed by atoms with van der Waals surface area (Å²) >= 11 is 0. The third kappa shape index (κ3) is 11.3. The lowest BCUT2D eigenvalue weighted by atomic mass is 9.92. The van der Waals surface area contributed by atoms with Crippen molar-refractivity contribution in [3.8, 4) is 5.75 Å². The van der Waals surface area contributed by atoms with Crippen molar-refractivity contribution in [3.05, 3.63) is 149 Å². The van der Waals surface area contributed by atoms with Gasteiger partial charge in [0.2, 0.25) is 0 Å². The number of amides is 1. The first kappa shape index (κ1) is 39.7. The van der Waals surface area contributed by atoms with Crippen LogP contribution in [0, 0.1) is 12.8 Å². The monoisotopic (exact) mass is 754 g/mol. The number of hydrogen-bond donors (Lipinski definition) is 1. The number of aromatic nitrogens is 2. The summed E-state index contributed by atoms with van der Waals surface area (Å²) in [6.45, 7) is 7.01. The Bertz CT molecular complexity index is 2050. The predicted octanol–water partition coefficient (Wildman–Crippen LogP) is 7.91. The van der Waals surface area contributed by atoms with Crippen LogP contribution in [0.4, 0.5) is 5.69 Å². The van der Waals surface area contributed by atoms with Crippen LogP contribution >= 0.6 is 0 Å². The molecule has 1 unspecified atom stereocenters. The van der Waals surface area contributed by atoms with E-state index in [1.807, 2.05) is 86.7 Å². The molecule has 1 amide bonds. The van der Waals surface area contributed by atoms with Crippen LogP contribution < -0.4 is 15.0 Å². The van der Waals surface area contributed by atoms with E-state index in [1.165, 1.54) is 23.7 Å². The topological polar surface area (TPSA) is 120 Å². The Balaban J connectivity index is 1.08. The second-order valence-electron chi connectivity index (χ2n) is 14.2. The molecule has 1 aromatic heterocycles. The predicted molar refractivity (Wildman–Crippen MR) is 217 cm³/mol. The number of carbonyl (C=O) groups is 3. The summed E-state index contributed by atoms with van der Waals surface area (Å²) in [5, 5.41) is 2.68. The standard InChI is InChI=1S/C46H50N4O6/c1-32-45(55-31-37-14-8-5-9-15-37)44(46(53)47-29-43(52)54-30-36-12-6-4-7-13-36)49-42(48-32)28-35-24-26-50(27-25-35)41-22-20-40(21-23-41)39-17-11-10-16-38(18-19-39)33(2)56-34(3)51/h4-10,12-16,18-23,33,35H,11,17,24-31H2,1-3H3,(H,47,53). The fraction of sp³-hybridized carbons (Fsp3) is 0.326. The van der Waals surface area contributed by atoms with Crippen LogP contribution in [0.5, 0.6) is 5.75 Å². The van der Waals surface area contributed by atoms with E-state index in [1.54, 1.807) is 0 Å². The van der Waals surface area contributed by atoms with E-state index in [4.69, 9.17) is 24.2 Å². The Morgan fingerprint density at radius 2 is 1.55 bits per heavy atom. The highest BCUT2D eigenvalue weighted by Gasteiger charge is 2.25. The van der Waals surface area contributed by atoms with Gasteiger partial charge in [0, 0.05) is 32.1 Å². The molecule has 10 heteroatoms. The van der Waals surface area contributed by atoms with Crippen molar-refractivity contribution in [1.82, 2.24) is 15.3 Å². The van der Waals surface area contributed by atoms with E-state index in [0.717, 1.165) is 55.5 Å². The van der Waals surface area contributed by atoms with E-state index < -0.39 is 11.9 Å². The van der Waals surface area contributed by atoms with Crippen LogP contribution in [0.3, 0.4) is 0 Å². The van der Waals surface area contributed by atoms with E-state index in [0.29, 0.717) is 29.6 Å². The molecule has 1 N–H and O–H groups in total. The second-order valence-corrected chi connectivity index (χ2v) is 14.2. The van der Waals surface area contributed by atoms with Gasteiger partial charge in [-0.2, -0.15) is 0 Å². The van der Waals surface area contributed by atoms with E-state index in [9.17, 15) is 14.4 Å². The van der Waals surface area contributed by atoms with E-state index in [-0.39, 0.29) is 37.5 Å². The highest BCUT2D eigenvalue weighted by molar-refractivity contribution is 5.96. The molecule has 0 bridgehead atoms. The quantitative estimate of drug-likeness (QED) is 0.128. The molecule has 2 aliphatic rings. The molecule has 1 fully saturated rings. The van der Waals surface area contributed by atoms with Crippen molar-refractivity contribution < 1.29 is 28.6 Å². The van der Waals surface area contributed by atoms with Gasteiger partial charge in [0.15, 0.2) is 11.4 Å². The first-order valence-corrected chi connectivity index (χ1v) is 19.3. The maximum atomic E-state index is 13.6. The number of carbonyl (C=O) groups excluding carboxylic acids is 3. The minimum Gasteiger partial charge on any atom is -0.485 e. The zero-order chi connectivity index (χ0) is 39.3. The number of rotatable bonds is 14. The largest absolute Gasteiger partial charge is 0.485 e. The van der Waals surface area contributed by atoms with Gasteiger partial charge >= 0.3 is 11.9 Å². The summed E-state index contributed by atoms with van der Waals surface area (Å²) in [4.78, 5) is 49.5. The SMILES string of the molecule is CC(=O)OC(C)C1=CC=C(c2ccc(N3CCC(Cc4nc(C)c(OCc5ccccc5)c(C(=O)NCC(=O)OCc5ccccc5)n4)CC3)cc2)CCC=C1. The summed E-state index contributed by atoms with van der Waals surface area (Å²) in [6, 6.07) is 27.9. The first-order valence-electron chi connectivity index (χ1n) is 19.3. The normalized spacial score (nSPS) is 15.1. The third-order valence-electron chi connectivity index (χ3n) is 10.0. The highest BCUT2D eigenvalue weighted by Crippen LogP contribution is 2.30. The number of esters is 2. The number of ether oxygens (including phenoxy) is 3. The molecule has 2 heterocycles. The number of benzene rings is 3. The molecule has 0 spiro atoms. The average molecular weight is 755 g/mol. The molecule has 0 saturated carbocycles. The average Bonchev–Trinajstić information content (AvgIpc) is 3.19. The van der Waals surface area contributed by atoms with Crippen LogP contribution in [0.25, 0.3) is 5.57 Å². The number of nitrogens with one attached hydrogen (secondary N) is 1. The summed E-state index contributed by atoms with van der Waals surface area (Å²) in [5.41, 5.74) is 7.08. The molecule has 10 nitrogen and oxygen atoms in total. The Kier molecular flexibility index (Phi) is 13.8. The molecule has 1 atom stereocenters. The summed E-state index contributed by atoms with van der Waals surface area (Å²) in [7, 11) is 0. The minimum absolute atomic E-state index is 0.109. The Hall–Kier alpha value is -6.03. The zero-order valence-electron chi connectivity index (χ0n) is 32.4. The maximum Gasteiger partial charge on any atom is 0.325 e. The number of hydrogen-bond acceptors (Lipinski definition) is 9. The summed E-state index contributed by atoms with van der Waals surface area (Å²) < 4.78 is 16.9. The van der Waals surface area contributed by atoms with Gasteiger partial charge in [0.05, 0.1) is 5.69 Å². The van der Waals surface area contributed by atoms with Gasteiger partial charge in [-0.05, 0) is 85.4 Å². The van der Waals surface area contributed by atoms with Crippen LogP contribution in [-0.2, 0) is 38.7 Å². The molecular formula is C46H50N4O6. The second kappa shape index (κ2) is 19.5. The van der Waals surface area contributed by atoms with Crippen molar-refractivity contribution in [3.63, 3.8) is 0 Å². The van der Waals surface area contributed by atoms with Crippen LogP contribution in [-0.4, -0.2) is 53.6 Å². The summed E-state index contributed by atoms with van der Waals surface area (Å²) in [5.74, 6) is -0.135. The molecule has 6 rings (SSSR count). The number of piperidine rings is 1. The van der Waals surface area contributed by atoms with Gasteiger partial charge in [0.1, 0.15) is 31.7 Å². The first-order chi connectivity index (χ1) is 27.2. The van der Waals surface area contributed by atoms with Crippen LogP contribution in [0.2, 0.25) is 0 Å². The lowest BCUT2D eigenvalue weighted by molar-refractivity contribution is -0.144. The molecule has 1 aliphatic carbocycles. The van der Waals surface area contributed by atoms with E-state index >= 15 is 0 Å². The molecular weight excluding hydrogens is 705 g/mol.